The molecule has 1 unspecified atom stereocenters. The molecule has 3 rings (SSSR count). The maximum atomic E-state index is 7.28. The molecular weight excluding hydrogens is 370 g/mol. The highest BCUT2D eigenvalue weighted by Gasteiger charge is 2.29. The van der Waals surface area contributed by atoms with Gasteiger partial charge >= 0.3 is 0 Å². The first kappa shape index (κ1) is 18.4. The lowest BCUT2D eigenvalue weighted by Gasteiger charge is -2.27. The van der Waals surface area contributed by atoms with Crippen molar-refractivity contribution in [1.29, 1.82) is 5.41 Å². The Morgan fingerprint density at radius 1 is 1.33 bits per heavy atom. The Labute approximate surface area is 150 Å². The summed E-state index contributed by atoms with van der Waals surface area (Å²) in [5.74, 6) is 1.41. The number of benzene rings is 1. The van der Waals surface area contributed by atoms with Gasteiger partial charge in [0.15, 0.2) is 0 Å². The molecule has 3 N–H and O–H groups in total. The molecule has 0 amide bonds. The normalized spacial score (nSPS) is 14.6. The van der Waals surface area contributed by atoms with E-state index in [1.807, 2.05) is 39.0 Å². The van der Waals surface area contributed by atoms with Gasteiger partial charge in [0, 0.05) is 27.7 Å². The van der Waals surface area contributed by atoms with Crippen molar-refractivity contribution in [3.05, 3.63) is 51.6 Å². The van der Waals surface area contributed by atoms with E-state index in [9.17, 15) is 0 Å². The molecule has 6 heteroatoms. The summed E-state index contributed by atoms with van der Waals surface area (Å²) in [4.78, 5) is 4.34. The second kappa shape index (κ2) is 8.26. The Kier molecular flexibility index (Phi) is 6.34. The lowest BCUT2D eigenvalue weighted by atomic mass is 9.89. The van der Waals surface area contributed by atoms with Gasteiger partial charge in [-0.25, -0.2) is 4.98 Å². The van der Waals surface area contributed by atoms with Crippen LogP contribution >= 0.6 is 15.9 Å². The minimum atomic E-state index is 0.00278. The second-order valence-corrected chi connectivity index (χ2v) is 6.20. The van der Waals surface area contributed by atoms with Crippen LogP contribution in [0.5, 0.6) is 11.6 Å². The van der Waals surface area contributed by atoms with Gasteiger partial charge in [-0.15, -0.1) is 0 Å². The summed E-state index contributed by atoms with van der Waals surface area (Å²) in [7, 11) is 0. The van der Waals surface area contributed by atoms with E-state index in [-0.39, 0.29) is 18.4 Å². The summed E-state index contributed by atoms with van der Waals surface area (Å²) < 4.78 is 12.4. The van der Waals surface area contributed by atoms with E-state index in [4.69, 9.17) is 20.6 Å². The predicted molar refractivity (Wildman–Crippen MR) is 99.1 cm³/mol. The number of halogens is 1. The average molecular weight is 392 g/mol. The summed E-state index contributed by atoms with van der Waals surface area (Å²) in [6.45, 7) is 6.59. The Morgan fingerprint density at radius 2 is 2.08 bits per heavy atom. The van der Waals surface area contributed by atoms with Crippen molar-refractivity contribution in [3.8, 4) is 11.6 Å². The molecule has 5 nitrogen and oxygen atoms in total. The van der Waals surface area contributed by atoms with Crippen molar-refractivity contribution in [2.45, 2.75) is 26.7 Å². The van der Waals surface area contributed by atoms with Crippen LogP contribution in [0, 0.1) is 12.3 Å². The van der Waals surface area contributed by atoms with E-state index in [0.717, 1.165) is 26.9 Å². The van der Waals surface area contributed by atoms with Gasteiger partial charge in [0.2, 0.25) is 5.88 Å². The number of pyridine rings is 1. The van der Waals surface area contributed by atoms with Crippen LogP contribution in [-0.4, -0.2) is 24.0 Å². The van der Waals surface area contributed by atoms with Crippen molar-refractivity contribution >= 4 is 21.8 Å². The van der Waals surface area contributed by atoms with Crippen LogP contribution in [0.2, 0.25) is 0 Å². The fraction of sp³-hybridized carbons (Fsp3) is 0.333. The molecule has 0 spiro atoms. The molecule has 0 fully saturated rings. The Bertz CT molecular complexity index is 683. The predicted octanol–water partition coefficient (Wildman–Crippen LogP) is 4.37. The number of aryl methyl sites for hydroxylation is 1. The van der Waals surface area contributed by atoms with Crippen molar-refractivity contribution < 1.29 is 9.47 Å². The topological polar surface area (TPSA) is 81.2 Å². The number of nitrogens with zero attached hydrogens (tertiary/aromatic N) is 1. The lowest BCUT2D eigenvalue weighted by molar-refractivity contribution is 0.159. The Hall–Kier alpha value is -1.92. The van der Waals surface area contributed by atoms with Crippen LogP contribution in [0.25, 0.3) is 0 Å². The molecule has 24 heavy (non-hydrogen) atoms. The third-order valence-corrected chi connectivity index (χ3v) is 3.94. The van der Waals surface area contributed by atoms with Crippen LogP contribution in [-0.2, 0) is 4.74 Å². The summed E-state index contributed by atoms with van der Waals surface area (Å²) in [6, 6.07) is 8.06. The Balaban J connectivity index is 0.00000100. The molecule has 2 aromatic rings. The quantitative estimate of drug-likeness (QED) is 0.598. The first-order chi connectivity index (χ1) is 11.5. The molecule has 1 atom stereocenters. The van der Waals surface area contributed by atoms with Gasteiger partial charge in [-0.05, 0) is 35.0 Å². The lowest BCUT2D eigenvalue weighted by Crippen LogP contribution is -2.22. The maximum Gasteiger partial charge on any atom is 0.223 e. The zero-order valence-corrected chi connectivity index (χ0v) is 15.7. The van der Waals surface area contributed by atoms with Gasteiger partial charge in [0.25, 0.3) is 0 Å². The van der Waals surface area contributed by atoms with E-state index in [0.29, 0.717) is 12.5 Å². The number of amidine groups is 1. The van der Waals surface area contributed by atoms with Crippen LogP contribution in [0.3, 0.4) is 0 Å². The van der Waals surface area contributed by atoms with Crippen molar-refractivity contribution in [2.75, 3.05) is 13.2 Å². The highest BCUT2D eigenvalue weighted by molar-refractivity contribution is 9.10. The number of hydrogen-bond donors (Lipinski definition) is 2. The van der Waals surface area contributed by atoms with Gasteiger partial charge in [-0.2, -0.15) is 0 Å². The second-order valence-electron chi connectivity index (χ2n) is 5.28. The van der Waals surface area contributed by atoms with E-state index in [2.05, 4.69) is 27.0 Å². The first-order valence-electron chi connectivity index (χ1n) is 7.89. The molecule has 128 valence electrons. The monoisotopic (exact) mass is 391 g/mol. The summed E-state index contributed by atoms with van der Waals surface area (Å²) in [5, 5.41) is 7.28. The van der Waals surface area contributed by atoms with Crippen LogP contribution < -0.4 is 10.5 Å². The molecule has 1 aliphatic heterocycles. The maximum absolute atomic E-state index is 7.28. The zero-order chi connectivity index (χ0) is 17.7. The summed E-state index contributed by atoms with van der Waals surface area (Å²) in [6.07, 6.45) is 1.71. The fourth-order valence-corrected chi connectivity index (χ4v) is 2.90. The van der Waals surface area contributed by atoms with E-state index < -0.39 is 0 Å². The minimum Gasteiger partial charge on any atom is -0.438 e. The molecule has 2 heterocycles. The van der Waals surface area contributed by atoms with Gasteiger partial charge in [-0.1, -0.05) is 31.5 Å². The smallest absolute Gasteiger partial charge is 0.223 e. The van der Waals surface area contributed by atoms with Gasteiger partial charge in [-0.3, -0.25) is 5.41 Å². The van der Waals surface area contributed by atoms with Gasteiger partial charge in [0.05, 0.1) is 6.61 Å². The number of nitrogens with two attached hydrogens (primary N) is 1. The van der Waals surface area contributed by atoms with E-state index >= 15 is 0 Å². The highest BCUT2D eigenvalue weighted by atomic mass is 79.9. The van der Waals surface area contributed by atoms with E-state index in [1.165, 1.54) is 0 Å². The van der Waals surface area contributed by atoms with Crippen molar-refractivity contribution in [3.63, 3.8) is 0 Å². The first-order valence-corrected chi connectivity index (χ1v) is 8.68. The number of nitrogens with one attached hydrogen (secondary N) is 1. The van der Waals surface area contributed by atoms with Crippen molar-refractivity contribution in [2.24, 2.45) is 5.73 Å². The number of aromatic nitrogens is 1. The fourth-order valence-electron chi connectivity index (χ4n) is 2.55. The SMILES string of the molecule is CC.Cc1ccc2c(c1)C(COCC(=N)N)c1cc(Br)cnc1O2. The third-order valence-electron chi connectivity index (χ3n) is 3.51. The molecule has 0 saturated carbocycles. The van der Waals surface area contributed by atoms with Crippen LogP contribution in [0.4, 0.5) is 0 Å². The molecule has 0 bridgehead atoms. The standard InChI is InChI=1S/C16H16BrN3O2.C2H6/c1-9-2-3-14-11(4-9)13(7-21-8-15(18)19)12-5-10(17)6-20-16(12)22-14;1-2/h2-6,13H,7-8H2,1H3,(H3,18,19);1-2H3. The highest BCUT2D eigenvalue weighted by Crippen LogP contribution is 2.44. The number of fused-ring (bicyclic) bond motifs is 2. The summed E-state index contributed by atoms with van der Waals surface area (Å²) >= 11 is 3.45. The average Bonchev–Trinajstić information content (AvgIpc) is 2.56. The largest absolute Gasteiger partial charge is 0.438 e. The Morgan fingerprint density at radius 3 is 2.79 bits per heavy atom. The number of rotatable bonds is 4. The van der Waals surface area contributed by atoms with Gasteiger partial charge in [0.1, 0.15) is 18.2 Å². The van der Waals surface area contributed by atoms with Crippen LogP contribution in [0.1, 0.15) is 36.5 Å². The molecule has 0 saturated heterocycles. The van der Waals surface area contributed by atoms with Crippen molar-refractivity contribution in [1.82, 2.24) is 4.98 Å². The molecule has 1 aromatic heterocycles. The molecule has 0 radical (unpaired) electrons. The molecule has 0 aliphatic carbocycles. The summed E-state index contributed by atoms with van der Waals surface area (Å²) in [5.41, 5.74) is 8.55. The van der Waals surface area contributed by atoms with Crippen LogP contribution in [0.15, 0.2) is 34.9 Å². The molecule has 1 aromatic carbocycles. The third kappa shape index (κ3) is 4.13. The molecule has 1 aliphatic rings. The molecular formula is C18H22BrN3O2. The number of hydrogen-bond acceptors (Lipinski definition) is 4. The van der Waals surface area contributed by atoms with Gasteiger partial charge < -0.3 is 15.2 Å². The van der Waals surface area contributed by atoms with E-state index in [1.54, 1.807) is 6.20 Å². The number of ether oxygens (including phenoxy) is 2. The minimum absolute atomic E-state index is 0.00278. The zero-order valence-electron chi connectivity index (χ0n) is 14.1.